The normalized spacial score (nSPS) is 13.3. The SMILES string of the molecule is CCCS(=O)(=O)NC(C=O)c1ccccc1. The monoisotopic (exact) mass is 241 g/mol. The third-order valence-electron chi connectivity index (χ3n) is 2.07. The highest BCUT2D eigenvalue weighted by Gasteiger charge is 2.17. The van der Waals surface area contributed by atoms with Crippen molar-refractivity contribution in [3.63, 3.8) is 0 Å². The van der Waals surface area contributed by atoms with Crippen LogP contribution in [0.3, 0.4) is 0 Å². The van der Waals surface area contributed by atoms with Gasteiger partial charge in [0, 0.05) is 0 Å². The van der Waals surface area contributed by atoms with Crippen LogP contribution in [0.2, 0.25) is 0 Å². The molecule has 0 aromatic heterocycles. The van der Waals surface area contributed by atoms with Gasteiger partial charge in [-0.1, -0.05) is 37.3 Å². The molecule has 0 radical (unpaired) electrons. The van der Waals surface area contributed by atoms with Crippen LogP contribution in [0.5, 0.6) is 0 Å². The fourth-order valence-corrected chi connectivity index (χ4v) is 2.59. The molecule has 0 aliphatic carbocycles. The summed E-state index contributed by atoms with van der Waals surface area (Å²) in [6.07, 6.45) is 1.12. The molecule has 0 bridgehead atoms. The summed E-state index contributed by atoms with van der Waals surface area (Å²) in [6, 6.07) is 7.98. The Morgan fingerprint density at radius 3 is 2.44 bits per heavy atom. The van der Waals surface area contributed by atoms with Gasteiger partial charge in [-0.05, 0) is 12.0 Å². The molecular weight excluding hydrogens is 226 g/mol. The molecule has 0 saturated heterocycles. The Balaban J connectivity index is 2.82. The van der Waals surface area contributed by atoms with Gasteiger partial charge in [0.15, 0.2) is 0 Å². The van der Waals surface area contributed by atoms with E-state index < -0.39 is 16.1 Å². The minimum absolute atomic E-state index is 0.0319. The summed E-state index contributed by atoms with van der Waals surface area (Å²) in [5, 5.41) is 0. The van der Waals surface area contributed by atoms with Gasteiger partial charge in [0.2, 0.25) is 10.0 Å². The van der Waals surface area contributed by atoms with Gasteiger partial charge in [-0.25, -0.2) is 13.1 Å². The Labute approximate surface area is 95.7 Å². The fourth-order valence-electron chi connectivity index (χ4n) is 1.36. The number of benzene rings is 1. The highest BCUT2D eigenvalue weighted by molar-refractivity contribution is 7.89. The van der Waals surface area contributed by atoms with Crippen LogP contribution in [0.25, 0.3) is 0 Å². The number of hydrogen-bond acceptors (Lipinski definition) is 3. The molecule has 0 aliphatic heterocycles. The number of carbonyl (C=O) groups is 1. The Morgan fingerprint density at radius 2 is 1.94 bits per heavy atom. The van der Waals surface area contributed by atoms with Crippen molar-refractivity contribution in [1.29, 1.82) is 0 Å². The molecule has 88 valence electrons. The van der Waals surface area contributed by atoms with E-state index in [1.165, 1.54) is 0 Å². The van der Waals surface area contributed by atoms with Crippen LogP contribution in [0.15, 0.2) is 30.3 Å². The van der Waals surface area contributed by atoms with E-state index in [0.717, 1.165) is 0 Å². The van der Waals surface area contributed by atoms with Crippen molar-refractivity contribution in [2.24, 2.45) is 0 Å². The zero-order chi connectivity index (χ0) is 12.0. The first-order valence-corrected chi connectivity index (χ1v) is 6.74. The van der Waals surface area contributed by atoms with Gasteiger partial charge >= 0.3 is 0 Å². The molecule has 1 rings (SSSR count). The molecule has 0 fully saturated rings. The lowest BCUT2D eigenvalue weighted by atomic mass is 10.1. The minimum Gasteiger partial charge on any atom is -0.301 e. The first kappa shape index (κ1) is 12.9. The smallest absolute Gasteiger partial charge is 0.212 e. The van der Waals surface area contributed by atoms with Crippen LogP contribution in [-0.4, -0.2) is 20.5 Å². The van der Waals surface area contributed by atoms with Gasteiger partial charge in [0.1, 0.15) is 12.3 Å². The Kier molecular flexibility index (Phi) is 4.64. The molecule has 1 aromatic rings. The van der Waals surface area contributed by atoms with Gasteiger partial charge in [-0.15, -0.1) is 0 Å². The van der Waals surface area contributed by atoms with Crippen molar-refractivity contribution in [3.05, 3.63) is 35.9 Å². The highest BCUT2D eigenvalue weighted by atomic mass is 32.2. The third-order valence-corrected chi connectivity index (χ3v) is 3.63. The molecule has 1 aromatic carbocycles. The molecule has 0 heterocycles. The Bertz CT molecular complexity index is 428. The zero-order valence-corrected chi connectivity index (χ0v) is 9.91. The summed E-state index contributed by atoms with van der Waals surface area (Å²) < 4.78 is 25.4. The van der Waals surface area contributed by atoms with Crippen molar-refractivity contribution >= 4 is 16.3 Å². The van der Waals surface area contributed by atoms with Crippen LogP contribution in [0, 0.1) is 0 Å². The standard InChI is InChI=1S/C11H15NO3S/c1-2-8-16(14,15)12-11(9-13)10-6-4-3-5-7-10/h3-7,9,11-12H,2,8H2,1H3. The number of sulfonamides is 1. The van der Waals surface area contributed by atoms with Crippen molar-refractivity contribution < 1.29 is 13.2 Å². The zero-order valence-electron chi connectivity index (χ0n) is 9.09. The van der Waals surface area contributed by atoms with Gasteiger partial charge in [0.25, 0.3) is 0 Å². The van der Waals surface area contributed by atoms with E-state index in [-0.39, 0.29) is 5.75 Å². The first-order chi connectivity index (χ1) is 7.59. The maximum absolute atomic E-state index is 11.5. The molecule has 4 nitrogen and oxygen atoms in total. The lowest BCUT2D eigenvalue weighted by Gasteiger charge is -2.12. The Hall–Kier alpha value is -1.20. The molecule has 1 unspecified atom stereocenters. The predicted octanol–water partition coefficient (Wildman–Crippen LogP) is 1.26. The Morgan fingerprint density at radius 1 is 1.31 bits per heavy atom. The van der Waals surface area contributed by atoms with Gasteiger partial charge in [-0.2, -0.15) is 0 Å². The molecule has 0 spiro atoms. The number of hydrogen-bond donors (Lipinski definition) is 1. The van der Waals surface area contributed by atoms with E-state index >= 15 is 0 Å². The lowest BCUT2D eigenvalue weighted by Crippen LogP contribution is -2.31. The maximum atomic E-state index is 11.5. The van der Waals surface area contributed by atoms with Crippen LogP contribution in [-0.2, 0) is 14.8 Å². The number of carbonyl (C=O) groups excluding carboxylic acids is 1. The summed E-state index contributed by atoms with van der Waals surface area (Å²) in [7, 11) is -3.37. The second-order valence-corrected chi connectivity index (χ2v) is 5.33. The summed E-state index contributed by atoms with van der Waals surface area (Å²) in [4.78, 5) is 10.9. The molecule has 1 atom stereocenters. The van der Waals surface area contributed by atoms with Gasteiger partial charge in [-0.3, -0.25) is 0 Å². The van der Waals surface area contributed by atoms with E-state index in [2.05, 4.69) is 4.72 Å². The maximum Gasteiger partial charge on any atom is 0.212 e. The van der Waals surface area contributed by atoms with Crippen LogP contribution in [0.4, 0.5) is 0 Å². The molecule has 5 heteroatoms. The largest absolute Gasteiger partial charge is 0.301 e. The van der Waals surface area contributed by atoms with Crippen molar-refractivity contribution in [1.82, 2.24) is 4.72 Å². The highest BCUT2D eigenvalue weighted by Crippen LogP contribution is 2.11. The average Bonchev–Trinajstić information content (AvgIpc) is 2.27. The molecule has 0 amide bonds. The third kappa shape index (κ3) is 3.75. The van der Waals surface area contributed by atoms with Crippen LogP contribution < -0.4 is 4.72 Å². The van der Waals surface area contributed by atoms with Crippen molar-refractivity contribution in [2.75, 3.05) is 5.75 Å². The summed E-state index contributed by atoms with van der Waals surface area (Å²) in [5.41, 5.74) is 0.650. The molecule has 1 N–H and O–H groups in total. The topological polar surface area (TPSA) is 63.2 Å². The predicted molar refractivity (Wildman–Crippen MR) is 62.5 cm³/mol. The molecule has 0 aliphatic rings. The molecule has 16 heavy (non-hydrogen) atoms. The fraction of sp³-hybridized carbons (Fsp3) is 0.364. The quantitative estimate of drug-likeness (QED) is 0.762. The van der Waals surface area contributed by atoms with Crippen LogP contribution in [0.1, 0.15) is 24.9 Å². The van der Waals surface area contributed by atoms with Gasteiger partial charge < -0.3 is 4.79 Å². The first-order valence-electron chi connectivity index (χ1n) is 5.09. The molecule has 0 saturated carbocycles. The van der Waals surface area contributed by atoms with Gasteiger partial charge in [0.05, 0.1) is 5.75 Å². The van der Waals surface area contributed by atoms with E-state index in [4.69, 9.17) is 0 Å². The average molecular weight is 241 g/mol. The minimum atomic E-state index is -3.37. The van der Waals surface area contributed by atoms with Crippen molar-refractivity contribution in [2.45, 2.75) is 19.4 Å². The lowest BCUT2D eigenvalue weighted by molar-refractivity contribution is -0.109. The summed E-state index contributed by atoms with van der Waals surface area (Å²) in [5.74, 6) is 0.0319. The number of nitrogens with one attached hydrogen (secondary N) is 1. The van der Waals surface area contributed by atoms with Crippen molar-refractivity contribution in [3.8, 4) is 0 Å². The summed E-state index contributed by atoms with van der Waals surface area (Å²) in [6.45, 7) is 1.78. The number of aldehydes is 1. The molecular formula is C11H15NO3S. The summed E-state index contributed by atoms with van der Waals surface area (Å²) >= 11 is 0. The van der Waals surface area contributed by atoms with Crippen LogP contribution >= 0.6 is 0 Å². The van der Waals surface area contributed by atoms with E-state index in [0.29, 0.717) is 18.3 Å². The second-order valence-electron chi connectivity index (χ2n) is 3.46. The number of rotatable bonds is 6. The van der Waals surface area contributed by atoms with E-state index in [9.17, 15) is 13.2 Å². The van der Waals surface area contributed by atoms with E-state index in [1.807, 2.05) is 6.07 Å². The van der Waals surface area contributed by atoms with E-state index in [1.54, 1.807) is 31.2 Å². The second kappa shape index (κ2) is 5.77.